The molecule has 1 N–H and O–H groups in total. The molecule has 1 aliphatic rings. The van der Waals surface area contributed by atoms with Crippen molar-refractivity contribution in [2.75, 3.05) is 26.2 Å². The van der Waals surface area contributed by atoms with Crippen LogP contribution in [0.5, 0.6) is 0 Å². The van der Waals surface area contributed by atoms with Gasteiger partial charge in [-0.05, 0) is 28.1 Å². The molecule has 1 aromatic carbocycles. The first-order valence-corrected chi connectivity index (χ1v) is 7.32. The molecular weight excluding hydrogens is 325 g/mol. The van der Waals surface area contributed by atoms with E-state index in [0.717, 1.165) is 38.4 Å². The maximum absolute atomic E-state index is 13.9. The summed E-state index contributed by atoms with van der Waals surface area (Å²) in [4.78, 5) is 2.31. The predicted molar refractivity (Wildman–Crippen MR) is 77.2 cm³/mol. The minimum Gasteiger partial charge on any atom is -0.314 e. The van der Waals surface area contributed by atoms with E-state index < -0.39 is 0 Å². The van der Waals surface area contributed by atoms with Gasteiger partial charge < -0.3 is 5.32 Å². The van der Waals surface area contributed by atoms with Crippen molar-refractivity contribution < 1.29 is 4.39 Å². The van der Waals surface area contributed by atoms with Gasteiger partial charge in [0.25, 0.3) is 0 Å². The Kier molecular flexibility index (Phi) is 4.09. The second kappa shape index (κ2) is 5.99. The maximum atomic E-state index is 13.9. The number of nitrogens with one attached hydrogen (secondary N) is 1. The standard InChI is InChI=1S/C13H15BrFN5/c14-11-2-1-3-12(15)13(11)20-9-10(17-18-20)8-19-6-4-16-5-7-19/h1-3,9,16H,4-8H2. The predicted octanol–water partition coefficient (Wildman–Crippen LogP) is 1.57. The third-order valence-electron chi connectivity index (χ3n) is 3.30. The minimum absolute atomic E-state index is 0.321. The highest BCUT2D eigenvalue weighted by Crippen LogP contribution is 2.23. The third kappa shape index (κ3) is 2.89. The number of hydrogen-bond acceptors (Lipinski definition) is 4. The summed E-state index contributed by atoms with van der Waals surface area (Å²) >= 11 is 3.34. The van der Waals surface area contributed by atoms with Gasteiger partial charge >= 0.3 is 0 Å². The van der Waals surface area contributed by atoms with Crippen LogP contribution in [0.2, 0.25) is 0 Å². The molecule has 0 unspecified atom stereocenters. The van der Waals surface area contributed by atoms with Gasteiger partial charge in [0, 0.05) is 37.2 Å². The number of benzene rings is 1. The van der Waals surface area contributed by atoms with Crippen LogP contribution in [0, 0.1) is 5.82 Å². The molecule has 2 aromatic rings. The zero-order chi connectivity index (χ0) is 13.9. The summed E-state index contributed by atoms with van der Waals surface area (Å²) in [5.41, 5.74) is 1.24. The van der Waals surface area contributed by atoms with E-state index in [-0.39, 0.29) is 5.82 Å². The molecule has 0 spiro atoms. The lowest BCUT2D eigenvalue weighted by atomic mass is 10.3. The number of halogens is 2. The molecule has 7 heteroatoms. The van der Waals surface area contributed by atoms with Crippen molar-refractivity contribution >= 4 is 15.9 Å². The number of rotatable bonds is 3. The smallest absolute Gasteiger partial charge is 0.150 e. The summed E-state index contributed by atoms with van der Waals surface area (Å²) in [5.74, 6) is -0.321. The number of hydrogen-bond donors (Lipinski definition) is 1. The van der Waals surface area contributed by atoms with E-state index in [1.54, 1.807) is 18.3 Å². The van der Waals surface area contributed by atoms with Gasteiger partial charge in [0.2, 0.25) is 0 Å². The van der Waals surface area contributed by atoms with Crippen molar-refractivity contribution in [3.05, 3.63) is 40.4 Å². The quantitative estimate of drug-likeness (QED) is 0.922. The second-order valence-electron chi connectivity index (χ2n) is 4.75. The molecule has 20 heavy (non-hydrogen) atoms. The van der Waals surface area contributed by atoms with E-state index in [0.29, 0.717) is 10.2 Å². The summed E-state index contributed by atoms with van der Waals surface area (Å²) in [5, 5.41) is 11.5. The van der Waals surface area contributed by atoms with E-state index in [4.69, 9.17) is 0 Å². The summed E-state index contributed by atoms with van der Waals surface area (Å²) < 4.78 is 16.0. The Morgan fingerprint density at radius 1 is 1.30 bits per heavy atom. The van der Waals surface area contributed by atoms with Gasteiger partial charge in [-0.2, -0.15) is 0 Å². The van der Waals surface area contributed by atoms with Crippen molar-refractivity contribution in [2.45, 2.75) is 6.54 Å². The largest absolute Gasteiger partial charge is 0.314 e. The van der Waals surface area contributed by atoms with E-state index in [9.17, 15) is 4.39 Å². The Morgan fingerprint density at radius 2 is 2.10 bits per heavy atom. The van der Waals surface area contributed by atoms with Crippen LogP contribution in [0.1, 0.15) is 5.69 Å². The summed E-state index contributed by atoms with van der Waals surface area (Å²) in [6.45, 7) is 4.72. The Bertz CT molecular complexity index is 574. The first-order valence-electron chi connectivity index (χ1n) is 6.53. The van der Waals surface area contributed by atoms with Crippen molar-refractivity contribution in [1.82, 2.24) is 25.2 Å². The Labute approximate surface area is 124 Å². The lowest BCUT2D eigenvalue weighted by Gasteiger charge is -2.25. The summed E-state index contributed by atoms with van der Waals surface area (Å²) in [6, 6.07) is 4.86. The molecule has 0 bridgehead atoms. The lowest BCUT2D eigenvalue weighted by molar-refractivity contribution is 0.230. The van der Waals surface area contributed by atoms with Crippen LogP contribution in [0.3, 0.4) is 0 Å². The summed E-state index contributed by atoms with van der Waals surface area (Å²) in [7, 11) is 0. The molecule has 1 saturated heterocycles. The molecule has 0 atom stereocenters. The number of aromatic nitrogens is 3. The minimum atomic E-state index is -0.321. The average Bonchev–Trinajstić information content (AvgIpc) is 2.88. The number of piperazine rings is 1. The first kappa shape index (κ1) is 13.7. The maximum Gasteiger partial charge on any atom is 0.150 e. The van der Waals surface area contributed by atoms with E-state index in [1.807, 2.05) is 0 Å². The molecule has 1 fully saturated rings. The van der Waals surface area contributed by atoms with Gasteiger partial charge in [0.15, 0.2) is 0 Å². The second-order valence-corrected chi connectivity index (χ2v) is 5.61. The van der Waals surface area contributed by atoms with Crippen LogP contribution in [0.25, 0.3) is 5.69 Å². The molecule has 106 valence electrons. The van der Waals surface area contributed by atoms with Crippen molar-refractivity contribution in [3.63, 3.8) is 0 Å². The molecule has 2 heterocycles. The highest BCUT2D eigenvalue weighted by Gasteiger charge is 2.14. The summed E-state index contributed by atoms with van der Waals surface area (Å²) in [6.07, 6.45) is 1.78. The van der Waals surface area contributed by atoms with Gasteiger partial charge in [-0.25, -0.2) is 9.07 Å². The molecule has 0 amide bonds. The molecular formula is C13H15BrFN5. The Balaban J connectivity index is 1.79. The topological polar surface area (TPSA) is 46.0 Å². The molecule has 5 nitrogen and oxygen atoms in total. The zero-order valence-corrected chi connectivity index (χ0v) is 12.5. The van der Waals surface area contributed by atoms with Gasteiger partial charge in [-0.1, -0.05) is 11.3 Å². The molecule has 0 saturated carbocycles. The molecule has 0 aliphatic carbocycles. The van der Waals surface area contributed by atoms with Crippen molar-refractivity contribution in [2.24, 2.45) is 0 Å². The van der Waals surface area contributed by atoms with E-state index >= 15 is 0 Å². The zero-order valence-electron chi connectivity index (χ0n) is 10.9. The van der Waals surface area contributed by atoms with E-state index in [1.165, 1.54) is 10.7 Å². The van der Waals surface area contributed by atoms with Gasteiger partial charge in [-0.3, -0.25) is 4.90 Å². The van der Waals surface area contributed by atoms with Gasteiger partial charge in [-0.15, -0.1) is 5.10 Å². The Hall–Kier alpha value is -1.31. The highest BCUT2D eigenvalue weighted by atomic mass is 79.9. The molecule has 3 rings (SSSR count). The van der Waals surface area contributed by atoms with Crippen LogP contribution >= 0.6 is 15.9 Å². The van der Waals surface area contributed by atoms with Crippen LogP contribution in [-0.2, 0) is 6.54 Å². The van der Waals surface area contributed by atoms with Gasteiger partial charge in [0.05, 0.1) is 11.9 Å². The van der Waals surface area contributed by atoms with Crippen LogP contribution in [-0.4, -0.2) is 46.1 Å². The highest BCUT2D eigenvalue weighted by molar-refractivity contribution is 9.10. The SMILES string of the molecule is Fc1cccc(Br)c1-n1cc(CN2CCNCC2)nn1. The number of nitrogens with zero attached hydrogens (tertiary/aromatic N) is 4. The normalized spacial score (nSPS) is 16.5. The molecule has 0 radical (unpaired) electrons. The van der Waals surface area contributed by atoms with Crippen LogP contribution < -0.4 is 5.32 Å². The molecule has 1 aliphatic heterocycles. The fraction of sp³-hybridized carbons (Fsp3) is 0.385. The number of para-hydroxylation sites is 1. The lowest BCUT2D eigenvalue weighted by Crippen LogP contribution is -2.42. The fourth-order valence-corrected chi connectivity index (χ4v) is 2.81. The Morgan fingerprint density at radius 3 is 2.85 bits per heavy atom. The average molecular weight is 340 g/mol. The van der Waals surface area contributed by atoms with Crippen LogP contribution in [0.4, 0.5) is 4.39 Å². The monoisotopic (exact) mass is 339 g/mol. The first-order chi connectivity index (χ1) is 9.74. The third-order valence-corrected chi connectivity index (χ3v) is 3.94. The van der Waals surface area contributed by atoms with Crippen LogP contribution in [0.15, 0.2) is 28.9 Å². The van der Waals surface area contributed by atoms with E-state index in [2.05, 4.69) is 36.5 Å². The van der Waals surface area contributed by atoms with Crippen molar-refractivity contribution in [1.29, 1.82) is 0 Å². The van der Waals surface area contributed by atoms with Gasteiger partial charge in [0.1, 0.15) is 11.5 Å². The van der Waals surface area contributed by atoms with Crippen molar-refractivity contribution in [3.8, 4) is 5.69 Å². The molecule has 1 aromatic heterocycles. The fourth-order valence-electron chi connectivity index (χ4n) is 2.29.